The Morgan fingerprint density at radius 1 is 1.03 bits per heavy atom. The summed E-state index contributed by atoms with van der Waals surface area (Å²) in [6, 6.07) is 14.7. The molecule has 0 fully saturated rings. The van der Waals surface area contributed by atoms with Gasteiger partial charge in [0.05, 0.1) is 0 Å². The Labute approximate surface area is 177 Å². The number of benzene rings is 2. The summed E-state index contributed by atoms with van der Waals surface area (Å²) < 4.78 is 7.34. The fourth-order valence-corrected chi connectivity index (χ4v) is 4.56. The monoisotopic (exact) mass is 460 g/mol. The van der Waals surface area contributed by atoms with Crippen LogP contribution in [0, 0.1) is 0 Å². The van der Waals surface area contributed by atoms with Crippen molar-refractivity contribution in [3.63, 3.8) is 0 Å². The van der Waals surface area contributed by atoms with Gasteiger partial charge in [-0.05, 0) is 0 Å². The first-order chi connectivity index (χ1) is 13.9. The number of aromatic nitrogens is 2. The van der Waals surface area contributed by atoms with E-state index in [0.717, 1.165) is 36.1 Å². The van der Waals surface area contributed by atoms with E-state index < -0.39 is 5.60 Å². The van der Waals surface area contributed by atoms with Crippen molar-refractivity contribution < 1.29 is 9.53 Å². The number of ether oxygens (including phenoxy) is 1. The van der Waals surface area contributed by atoms with Crippen molar-refractivity contribution in [1.82, 2.24) is 15.5 Å². The summed E-state index contributed by atoms with van der Waals surface area (Å²) in [4.78, 5) is 11.6. The van der Waals surface area contributed by atoms with Gasteiger partial charge in [-0.1, -0.05) is 0 Å². The second-order valence-corrected chi connectivity index (χ2v) is 10.2. The van der Waals surface area contributed by atoms with Crippen LogP contribution in [0.3, 0.4) is 0 Å². The molecule has 0 radical (unpaired) electrons. The van der Waals surface area contributed by atoms with E-state index in [4.69, 9.17) is 4.74 Å². The zero-order valence-corrected chi connectivity index (χ0v) is 18.9. The van der Waals surface area contributed by atoms with Crippen molar-refractivity contribution in [1.29, 1.82) is 0 Å². The van der Waals surface area contributed by atoms with Gasteiger partial charge in [-0.15, -0.1) is 0 Å². The standard InChI is InChI=1S/C22H28N4O2Se/c1-22(2,3)28-21(27)23-14-8-4-5-11-19-25-26-20(29-19)24-18-13-12-16-9-6-7-10-17(16)15-18/h6-7,9-10,12-13,15H,4-5,8,11,14H2,1-3H3,(H,23,27)(H,24,26). The molecule has 0 aliphatic heterocycles. The molecule has 3 rings (SSSR count). The number of hydrogen-bond donors (Lipinski definition) is 2. The Morgan fingerprint density at radius 2 is 1.83 bits per heavy atom. The molecule has 3 aromatic rings. The van der Waals surface area contributed by atoms with Gasteiger partial charge in [-0.3, -0.25) is 0 Å². The number of carbonyl (C=O) groups is 1. The van der Waals surface area contributed by atoms with Gasteiger partial charge in [0.2, 0.25) is 0 Å². The molecule has 0 saturated carbocycles. The minimum absolute atomic E-state index is 0.153. The van der Waals surface area contributed by atoms with Crippen molar-refractivity contribution in [2.24, 2.45) is 0 Å². The molecule has 7 heteroatoms. The van der Waals surface area contributed by atoms with E-state index in [9.17, 15) is 4.79 Å². The molecule has 6 nitrogen and oxygen atoms in total. The van der Waals surface area contributed by atoms with E-state index in [-0.39, 0.29) is 20.6 Å². The number of aryl methyl sites for hydroxylation is 1. The third kappa shape index (κ3) is 7.18. The van der Waals surface area contributed by atoms with Crippen molar-refractivity contribution in [3.8, 4) is 0 Å². The Kier molecular flexibility index (Phi) is 7.29. The van der Waals surface area contributed by atoms with Gasteiger partial charge < -0.3 is 0 Å². The van der Waals surface area contributed by atoms with Gasteiger partial charge in [0, 0.05) is 0 Å². The SMILES string of the molecule is CC(C)(C)OC(=O)NCCCCCc1nnc(Nc2ccc3ccccc3c2)[se]1. The summed E-state index contributed by atoms with van der Waals surface area (Å²) in [7, 11) is 0. The zero-order chi connectivity index (χ0) is 20.7. The van der Waals surface area contributed by atoms with Crippen molar-refractivity contribution in [2.45, 2.75) is 52.1 Å². The van der Waals surface area contributed by atoms with Crippen LogP contribution in [0.15, 0.2) is 42.5 Å². The molecule has 0 aliphatic carbocycles. The number of rotatable bonds is 8. The van der Waals surface area contributed by atoms with Crippen LogP contribution in [0.25, 0.3) is 10.8 Å². The molecule has 0 unspecified atom stereocenters. The van der Waals surface area contributed by atoms with Crippen molar-refractivity contribution in [3.05, 3.63) is 47.0 Å². The van der Waals surface area contributed by atoms with E-state index in [1.807, 2.05) is 32.9 Å². The molecule has 1 aromatic heterocycles. The third-order valence-corrected chi connectivity index (χ3v) is 6.09. The van der Waals surface area contributed by atoms with Crippen LogP contribution in [-0.2, 0) is 11.2 Å². The Bertz CT molecular complexity index is 949. The second-order valence-electron chi connectivity index (χ2n) is 7.93. The average molecular weight is 459 g/mol. The van der Waals surface area contributed by atoms with Crippen LogP contribution >= 0.6 is 0 Å². The number of anilines is 2. The molecule has 154 valence electrons. The quantitative estimate of drug-likeness (QED) is 0.378. The number of nitrogens with one attached hydrogen (secondary N) is 2. The molecular formula is C22H28N4O2Se. The molecule has 2 aromatic carbocycles. The van der Waals surface area contributed by atoms with Gasteiger partial charge >= 0.3 is 178 Å². The van der Waals surface area contributed by atoms with Gasteiger partial charge in [0.1, 0.15) is 0 Å². The van der Waals surface area contributed by atoms with E-state index in [1.165, 1.54) is 15.3 Å². The van der Waals surface area contributed by atoms with Gasteiger partial charge in [-0.25, -0.2) is 0 Å². The number of amides is 1. The fourth-order valence-electron chi connectivity index (χ4n) is 2.88. The summed E-state index contributed by atoms with van der Waals surface area (Å²) in [6.07, 6.45) is 3.63. The normalized spacial score (nSPS) is 11.4. The fraction of sp³-hybridized carbons (Fsp3) is 0.409. The minimum atomic E-state index is -0.453. The Balaban J connectivity index is 1.37. The number of unbranched alkanes of at least 4 members (excludes halogenated alkanes) is 2. The van der Waals surface area contributed by atoms with Crippen molar-refractivity contribution >= 4 is 41.7 Å². The molecule has 0 spiro atoms. The summed E-state index contributed by atoms with van der Waals surface area (Å²) in [5, 5.41) is 17.3. The van der Waals surface area contributed by atoms with Crippen molar-refractivity contribution in [2.75, 3.05) is 11.9 Å². The van der Waals surface area contributed by atoms with Gasteiger partial charge in [0.25, 0.3) is 0 Å². The van der Waals surface area contributed by atoms with E-state index >= 15 is 0 Å². The predicted octanol–water partition coefficient (Wildman–Crippen LogP) is 4.67. The zero-order valence-electron chi connectivity index (χ0n) is 17.2. The van der Waals surface area contributed by atoms with E-state index in [0.29, 0.717) is 6.54 Å². The summed E-state index contributed by atoms with van der Waals surface area (Å²) in [6.45, 7) is 6.23. The second kappa shape index (κ2) is 9.90. The van der Waals surface area contributed by atoms with Crippen LogP contribution in [0.4, 0.5) is 15.2 Å². The number of hydrogen-bond acceptors (Lipinski definition) is 5. The first-order valence-corrected chi connectivity index (χ1v) is 11.7. The molecular weight excluding hydrogens is 431 g/mol. The molecule has 0 atom stereocenters. The van der Waals surface area contributed by atoms with Crippen LogP contribution in [0.2, 0.25) is 0 Å². The molecule has 0 bridgehead atoms. The number of alkyl carbamates (subject to hydrolysis) is 1. The molecule has 0 aliphatic rings. The molecule has 1 amide bonds. The third-order valence-electron chi connectivity index (χ3n) is 4.20. The van der Waals surface area contributed by atoms with Gasteiger partial charge in [-0.2, -0.15) is 0 Å². The van der Waals surface area contributed by atoms with Crippen LogP contribution in [0.5, 0.6) is 0 Å². The van der Waals surface area contributed by atoms with E-state index in [2.05, 4.69) is 51.2 Å². The summed E-state index contributed by atoms with van der Waals surface area (Å²) in [5.41, 5.74) is 0.597. The summed E-state index contributed by atoms with van der Waals surface area (Å²) in [5.74, 6) is 0. The average Bonchev–Trinajstić information content (AvgIpc) is 3.10. The number of carbonyl (C=O) groups excluding carboxylic acids is 1. The topological polar surface area (TPSA) is 76.1 Å². The number of fused-ring (bicyclic) bond motifs is 1. The van der Waals surface area contributed by atoms with Crippen LogP contribution in [0.1, 0.15) is 44.6 Å². The predicted molar refractivity (Wildman–Crippen MR) is 118 cm³/mol. The molecule has 1 heterocycles. The molecule has 29 heavy (non-hydrogen) atoms. The maximum atomic E-state index is 11.6. The Morgan fingerprint density at radius 3 is 2.62 bits per heavy atom. The molecule has 2 N–H and O–H groups in total. The number of nitrogens with zero attached hydrogens (tertiary/aromatic N) is 2. The maximum absolute atomic E-state index is 11.6. The van der Waals surface area contributed by atoms with Gasteiger partial charge in [0.15, 0.2) is 0 Å². The van der Waals surface area contributed by atoms with E-state index in [1.54, 1.807) is 0 Å². The first kappa shape index (κ1) is 21.3. The summed E-state index contributed by atoms with van der Waals surface area (Å²) >= 11 is 0.153. The first-order valence-electron chi connectivity index (χ1n) is 9.94. The van der Waals surface area contributed by atoms with Crippen LogP contribution in [-0.4, -0.2) is 42.9 Å². The Hall–Kier alpha value is -2.37. The molecule has 0 saturated heterocycles. The van der Waals surface area contributed by atoms with Crippen LogP contribution < -0.4 is 10.6 Å².